The van der Waals surface area contributed by atoms with E-state index in [-0.39, 0.29) is 17.6 Å². The van der Waals surface area contributed by atoms with E-state index in [0.717, 1.165) is 10.9 Å². The van der Waals surface area contributed by atoms with Gasteiger partial charge in [-0.1, -0.05) is 0 Å². The van der Waals surface area contributed by atoms with Crippen molar-refractivity contribution < 1.29 is 36.9 Å². The minimum atomic E-state index is -3.14. The standard InChI is InChI=1S/C15H16F4N4O4/c1-15(2)26-8-6(4-24)25-14(9(8)27-15)23-13-5(3-20-23)7(10(16)17)21-12(22-13)11(18)19/h3,6,8-11,14,24H,4H2,1-2H3. The van der Waals surface area contributed by atoms with Gasteiger partial charge in [-0.25, -0.2) is 32.2 Å². The van der Waals surface area contributed by atoms with Gasteiger partial charge in [-0.2, -0.15) is 5.10 Å². The van der Waals surface area contributed by atoms with Crippen LogP contribution in [0.15, 0.2) is 6.20 Å². The van der Waals surface area contributed by atoms with Gasteiger partial charge in [-0.05, 0) is 13.8 Å². The zero-order chi connectivity index (χ0) is 19.5. The summed E-state index contributed by atoms with van der Waals surface area (Å²) in [5, 5.41) is 13.4. The Hall–Kier alpha value is -1.89. The summed E-state index contributed by atoms with van der Waals surface area (Å²) in [5.41, 5.74) is -1.06. The van der Waals surface area contributed by atoms with Crippen LogP contribution in [0.4, 0.5) is 17.6 Å². The van der Waals surface area contributed by atoms with Crippen molar-refractivity contribution >= 4 is 11.0 Å². The number of nitrogens with zero attached hydrogens (tertiary/aromatic N) is 4. The summed E-state index contributed by atoms with van der Waals surface area (Å²) in [6.45, 7) is 2.96. The average Bonchev–Trinajstić information content (AvgIpc) is 3.23. The third-order valence-corrected chi connectivity index (χ3v) is 4.45. The van der Waals surface area contributed by atoms with E-state index in [1.54, 1.807) is 13.8 Å². The zero-order valence-corrected chi connectivity index (χ0v) is 14.2. The number of aromatic nitrogens is 4. The lowest BCUT2D eigenvalue weighted by Gasteiger charge is -2.23. The van der Waals surface area contributed by atoms with E-state index in [9.17, 15) is 22.7 Å². The number of fused-ring (bicyclic) bond motifs is 2. The highest BCUT2D eigenvalue weighted by molar-refractivity contribution is 5.77. The Morgan fingerprint density at radius 1 is 1.15 bits per heavy atom. The quantitative estimate of drug-likeness (QED) is 0.797. The number of ether oxygens (including phenoxy) is 3. The summed E-state index contributed by atoms with van der Waals surface area (Å²) >= 11 is 0. The first-order chi connectivity index (χ1) is 12.7. The van der Waals surface area contributed by atoms with Crippen molar-refractivity contribution in [2.24, 2.45) is 0 Å². The lowest BCUT2D eigenvalue weighted by atomic mass is 10.1. The third-order valence-electron chi connectivity index (χ3n) is 4.45. The summed E-state index contributed by atoms with van der Waals surface area (Å²) in [6, 6.07) is 0. The number of hydrogen-bond acceptors (Lipinski definition) is 7. The Morgan fingerprint density at radius 2 is 1.85 bits per heavy atom. The maximum Gasteiger partial charge on any atom is 0.297 e. The van der Waals surface area contributed by atoms with Crippen LogP contribution in [0.2, 0.25) is 0 Å². The molecule has 27 heavy (non-hydrogen) atoms. The smallest absolute Gasteiger partial charge is 0.297 e. The lowest BCUT2D eigenvalue weighted by Crippen LogP contribution is -2.31. The maximum atomic E-state index is 13.3. The van der Waals surface area contributed by atoms with Gasteiger partial charge in [-0.3, -0.25) is 0 Å². The number of aliphatic hydroxyl groups is 1. The molecule has 2 fully saturated rings. The minimum Gasteiger partial charge on any atom is -0.394 e. The number of halogens is 4. The Bertz CT molecular complexity index is 862. The van der Waals surface area contributed by atoms with E-state index < -0.39 is 54.7 Å². The van der Waals surface area contributed by atoms with Crippen LogP contribution in [0.5, 0.6) is 0 Å². The van der Waals surface area contributed by atoms with Gasteiger partial charge in [0.25, 0.3) is 12.9 Å². The summed E-state index contributed by atoms with van der Waals surface area (Å²) in [7, 11) is 0. The molecule has 0 bridgehead atoms. The number of alkyl halides is 4. The van der Waals surface area contributed by atoms with Gasteiger partial charge in [0.1, 0.15) is 24.0 Å². The third kappa shape index (κ3) is 2.96. The van der Waals surface area contributed by atoms with E-state index in [4.69, 9.17) is 14.2 Å². The highest BCUT2D eigenvalue weighted by atomic mass is 19.3. The molecule has 0 amide bonds. The summed E-state index contributed by atoms with van der Waals surface area (Å²) in [5.74, 6) is -2.00. The molecule has 4 atom stereocenters. The molecule has 148 valence electrons. The molecule has 4 heterocycles. The van der Waals surface area contributed by atoms with Crippen LogP contribution in [0.3, 0.4) is 0 Å². The monoisotopic (exact) mass is 392 g/mol. The number of hydrogen-bond donors (Lipinski definition) is 1. The molecule has 4 unspecified atom stereocenters. The topological polar surface area (TPSA) is 91.5 Å². The predicted octanol–water partition coefficient (Wildman–Crippen LogP) is 2.11. The van der Waals surface area contributed by atoms with Gasteiger partial charge in [0, 0.05) is 0 Å². The van der Waals surface area contributed by atoms with Crippen LogP contribution in [-0.4, -0.2) is 55.6 Å². The van der Waals surface area contributed by atoms with Crippen LogP contribution in [0.25, 0.3) is 11.0 Å². The Labute approximate surface area is 150 Å². The van der Waals surface area contributed by atoms with Gasteiger partial charge < -0.3 is 19.3 Å². The molecule has 1 N–H and O–H groups in total. The Kier molecular flexibility index (Phi) is 4.33. The highest BCUT2D eigenvalue weighted by Crippen LogP contribution is 2.43. The fraction of sp³-hybridized carbons (Fsp3) is 0.667. The SMILES string of the molecule is CC1(C)OC2C(CO)OC(n3ncc4c(C(F)F)nc(C(F)F)nc43)C2O1. The van der Waals surface area contributed by atoms with Gasteiger partial charge in [0.05, 0.1) is 18.2 Å². The first kappa shape index (κ1) is 18.5. The van der Waals surface area contributed by atoms with Crippen molar-refractivity contribution in [3.63, 3.8) is 0 Å². The molecule has 0 aliphatic carbocycles. The van der Waals surface area contributed by atoms with Crippen molar-refractivity contribution in [2.75, 3.05) is 6.61 Å². The zero-order valence-electron chi connectivity index (χ0n) is 14.2. The molecule has 12 heteroatoms. The van der Waals surface area contributed by atoms with Crippen molar-refractivity contribution in [3.05, 3.63) is 17.7 Å². The van der Waals surface area contributed by atoms with Gasteiger partial charge in [-0.15, -0.1) is 0 Å². The fourth-order valence-electron chi connectivity index (χ4n) is 3.42. The first-order valence-electron chi connectivity index (χ1n) is 8.15. The van der Waals surface area contributed by atoms with Crippen molar-refractivity contribution in [1.29, 1.82) is 0 Å². The molecule has 2 aromatic rings. The molecule has 0 radical (unpaired) electrons. The van der Waals surface area contributed by atoms with Crippen LogP contribution in [0, 0.1) is 0 Å². The largest absolute Gasteiger partial charge is 0.394 e. The van der Waals surface area contributed by atoms with Crippen molar-refractivity contribution in [1.82, 2.24) is 19.7 Å². The Balaban J connectivity index is 1.82. The van der Waals surface area contributed by atoms with Crippen molar-refractivity contribution in [3.8, 4) is 0 Å². The van der Waals surface area contributed by atoms with Crippen LogP contribution in [-0.2, 0) is 14.2 Å². The number of aliphatic hydroxyl groups excluding tert-OH is 1. The lowest BCUT2D eigenvalue weighted by molar-refractivity contribution is -0.201. The van der Waals surface area contributed by atoms with E-state index in [0.29, 0.717) is 0 Å². The van der Waals surface area contributed by atoms with Crippen LogP contribution < -0.4 is 0 Å². The van der Waals surface area contributed by atoms with E-state index in [1.807, 2.05) is 0 Å². The van der Waals surface area contributed by atoms with E-state index >= 15 is 0 Å². The molecule has 0 saturated carbocycles. The van der Waals surface area contributed by atoms with Gasteiger partial charge in [0.15, 0.2) is 23.5 Å². The molecule has 2 aromatic heterocycles. The molecular formula is C15H16F4N4O4. The predicted molar refractivity (Wildman–Crippen MR) is 80.1 cm³/mol. The molecule has 0 spiro atoms. The second-order valence-electron chi connectivity index (χ2n) is 6.71. The summed E-state index contributed by atoms with van der Waals surface area (Å²) in [4.78, 5) is 6.95. The van der Waals surface area contributed by atoms with E-state index in [2.05, 4.69) is 15.1 Å². The van der Waals surface area contributed by atoms with Gasteiger partial charge >= 0.3 is 0 Å². The average molecular weight is 392 g/mol. The first-order valence-corrected chi connectivity index (χ1v) is 8.15. The summed E-state index contributed by atoms with van der Waals surface area (Å²) < 4.78 is 71.0. The molecule has 8 nitrogen and oxygen atoms in total. The molecule has 2 aliphatic rings. The molecule has 2 saturated heterocycles. The highest BCUT2D eigenvalue weighted by Gasteiger charge is 2.56. The second kappa shape index (κ2) is 6.33. The fourth-order valence-corrected chi connectivity index (χ4v) is 3.42. The summed E-state index contributed by atoms with van der Waals surface area (Å²) in [6.07, 6.45) is -8.29. The normalized spacial score (nSPS) is 30.0. The van der Waals surface area contributed by atoms with Crippen LogP contribution >= 0.6 is 0 Å². The molecule has 0 aromatic carbocycles. The molecule has 4 rings (SSSR count). The molecular weight excluding hydrogens is 376 g/mol. The van der Waals surface area contributed by atoms with Crippen LogP contribution in [0.1, 0.15) is 44.4 Å². The second-order valence-corrected chi connectivity index (χ2v) is 6.71. The maximum absolute atomic E-state index is 13.3. The molecule has 2 aliphatic heterocycles. The van der Waals surface area contributed by atoms with Crippen molar-refractivity contribution in [2.45, 2.75) is 57.0 Å². The van der Waals surface area contributed by atoms with E-state index in [1.165, 1.54) is 0 Å². The Morgan fingerprint density at radius 3 is 2.48 bits per heavy atom. The minimum absolute atomic E-state index is 0.167. The number of rotatable bonds is 4. The van der Waals surface area contributed by atoms with Gasteiger partial charge in [0.2, 0.25) is 0 Å².